The minimum absolute atomic E-state index is 0.00337. The Morgan fingerprint density at radius 1 is 1.18 bits per heavy atom. The molecule has 3 aliphatic rings. The van der Waals surface area contributed by atoms with Gasteiger partial charge in [0.15, 0.2) is 0 Å². The van der Waals surface area contributed by atoms with Crippen LogP contribution in [0.1, 0.15) is 83.2 Å². The molecular formula is C45H60N8O8S. The summed E-state index contributed by atoms with van der Waals surface area (Å²) in [5.74, 6) is -2.39. The maximum absolute atomic E-state index is 14.5. The number of carbonyl (C=O) groups excluding carboxylic acids is 4. The van der Waals surface area contributed by atoms with E-state index in [4.69, 9.17) is 19.4 Å². The number of likely N-dealkylation sites (tertiary alicyclic amines) is 1. The summed E-state index contributed by atoms with van der Waals surface area (Å²) in [4.78, 5) is 68.9. The van der Waals surface area contributed by atoms with Crippen molar-refractivity contribution < 1.29 is 38.9 Å². The average molecular weight is 873 g/mol. The van der Waals surface area contributed by atoms with Crippen molar-refractivity contribution in [2.24, 2.45) is 11.3 Å². The van der Waals surface area contributed by atoms with Gasteiger partial charge in [-0.2, -0.15) is 5.43 Å². The van der Waals surface area contributed by atoms with Gasteiger partial charge in [0.2, 0.25) is 11.6 Å². The molecule has 6 heterocycles. The molecular weight excluding hydrogens is 813 g/mol. The number of nitrogens with zero attached hydrogens (tertiary/aromatic N) is 6. The fraction of sp³-hybridized carbons (Fsp3) is 0.556. The Morgan fingerprint density at radius 2 is 1.95 bits per heavy atom. The first-order valence-electron chi connectivity index (χ1n) is 21.5. The number of benzene rings is 1. The molecule has 3 aliphatic heterocycles. The van der Waals surface area contributed by atoms with Crippen LogP contribution in [0.2, 0.25) is 0 Å². The van der Waals surface area contributed by atoms with E-state index >= 15 is 0 Å². The van der Waals surface area contributed by atoms with Crippen LogP contribution in [0.3, 0.4) is 0 Å². The number of cyclic esters (lactones) is 1. The number of nitrogens with one attached hydrogen (secondary N) is 2. The summed E-state index contributed by atoms with van der Waals surface area (Å²) < 4.78 is 14.0. The van der Waals surface area contributed by atoms with E-state index in [0.29, 0.717) is 36.6 Å². The van der Waals surface area contributed by atoms with Crippen molar-refractivity contribution in [3.63, 3.8) is 0 Å². The highest BCUT2D eigenvalue weighted by atomic mass is 32.1. The second-order valence-electron chi connectivity index (χ2n) is 18.0. The van der Waals surface area contributed by atoms with Gasteiger partial charge in [0.05, 0.1) is 40.9 Å². The fourth-order valence-corrected chi connectivity index (χ4v) is 9.89. The molecule has 0 unspecified atom stereocenters. The Morgan fingerprint density at radius 3 is 2.65 bits per heavy atom. The SMILES string of the molecule is CCn1c(-c2cccnc2[C@H](C)OC)c2c3cc(ccc31)-c1csc(n1)C[C@H](NC(=O)[C@H](C(C)C)N(C)C(=O)N1CC[C@H](O)C1)C(=O)N1CCC[C@@](O)(N1)C(=O)OCC(C)(C)C2. The third kappa shape index (κ3) is 8.95. The summed E-state index contributed by atoms with van der Waals surface area (Å²) >= 11 is 1.36. The number of fused-ring (bicyclic) bond motifs is 6. The average Bonchev–Trinajstić information content (AvgIpc) is 3.98. The lowest BCUT2D eigenvalue weighted by atomic mass is 9.84. The number of amides is 4. The molecule has 4 N–H and O–H groups in total. The van der Waals surface area contributed by atoms with E-state index in [0.717, 1.165) is 39.0 Å². The van der Waals surface area contributed by atoms with Gasteiger partial charge in [0, 0.05) is 92.2 Å². The van der Waals surface area contributed by atoms with Crippen LogP contribution in [0.25, 0.3) is 33.4 Å². The molecule has 5 atom stereocenters. The van der Waals surface area contributed by atoms with Crippen LogP contribution in [-0.2, 0) is 43.2 Å². The van der Waals surface area contributed by atoms with Crippen LogP contribution in [0.15, 0.2) is 41.9 Å². The second-order valence-corrected chi connectivity index (χ2v) is 18.9. The maximum atomic E-state index is 14.5. The normalized spacial score (nSPS) is 23.0. The van der Waals surface area contributed by atoms with Gasteiger partial charge in [-0.25, -0.2) is 14.6 Å². The number of β-amino-alcohol motifs (C(OH)–C–C–N with tert-alkyl or cyclic N) is 1. The van der Waals surface area contributed by atoms with Crippen molar-refractivity contribution in [1.29, 1.82) is 0 Å². The highest BCUT2D eigenvalue weighted by Gasteiger charge is 2.46. The quantitative estimate of drug-likeness (QED) is 0.180. The highest BCUT2D eigenvalue weighted by molar-refractivity contribution is 7.10. The van der Waals surface area contributed by atoms with Crippen molar-refractivity contribution in [3.05, 3.63) is 58.2 Å². The zero-order valence-corrected chi connectivity index (χ0v) is 37.8. The number of rotatable bonds is 8. The number of hydrazine groups is 1. The molecule has 62 heavy (non-hydrogen) atoms. The number of esters is 1. The largest absolute Gasteiger partial charge is 0.462 e. The summed E-state index contributed by atoms with van der Waals surface area (Å²) in [6.07, 6.45) is 2.07. The predicted molar refractivity (Wildman–Crippen MR) is 234 cm³/mol. The minimum Gasteiger partial charge on any atom is -0.462 e. The number of pyridine rings is 1. The number of hydrogen-bond donors (Lipinski definition) is 4. The summed E-state index contributed by atoms with van der Waals surface area (Å²) in [6.45, 7) is 13.1. The van der Waals surface area contributed by atoms with E-state index in [2.05, 4.69) is 40.4 Å². The van der Waals surface area contributed by atoms with Crippen molar-refractivity contribution in [3.8, 4) is 22.5 Å². The fourth-order valence-electron chi connectivity index (χ4n) is 9.04. The summed E-state index contributed by atoms with van der Waals surface area (Å²) in [7, 11) is 3.21. The predicted octanol–water partition coefficient (Wildman–Crippen LogP) is 4.67. The zero-order chi connectivity index (χ0) is 44.7. The van der Waals surface area contributed by atoms with Gasteiger partial charge in [0.25, 0.3) is 5.91 Å². The second kappa shape index (κ2) is 18.0. The number of methoxy groups -OCH3 is 1. The topological polar surface area (TPSA) is 192 Å². The standard InChI is InChI=1S/C45H60N8O8S/c1-9-52-35-14-13-28-20-31(35)32(39(52)30-12-10-17-46-37(30)27(4)60-8)22-44(5,6)25-61-42(57)45(59)16-11-18-53(49-45)41(56)33(21-36-47-34(28)24-62-36)48-40(55)38(26(2)3)50(7)43(58)51-19-15-29(54)23-51/h10,12-14,17,20,24,26-27,29,33,38,49,54,59H,9,11,15-16,18-19,21-23,25H2,1-8H3,(H,48,55)/t27-,29-,33-,38-,45-/m0/s1. The summed E-state index contributed by atoms with van der Waals surface area (Å²) in [6, 6.07) is 7.70. The first kappa shape index (κ1) is 45.1. The molecule has 0 radical (unpaired) electrons. The molecule has 17 heteroatoms. The highest BCUT2D eigenvalue weighted by Crippen LogP contribution is 2.42. The van der Waals surface area contributed by atoms with Gasteiger partial charge >= 0.3 is 12.0 Å². The van der Waals surface area contributed by atoms with Crippen LogP contribution in [0, 0.1) is 11.3 Å². The number of likely N-dealkylation sites (N-methyl/N-ethyl adjacent to an activating group) is 1. The summed E-state index contributed by atoms with van der Waals surface area (Å²) in [5, 5.41) is 29.5. The minimum atomic E-state index is -2.22. The van der Waals surface area contributed by atoms with E-state index < -0.39 is 53.1 Å². The number of hydrogen-bond acceptors (Lipinski definition) is 12. The number of aryl methyl sites for hydroxylation is 1. The van der Waals surface area contributed by atoms with Gasteiger partial charge in [-0.3, -0.25) is 19.6 Å². The molecule has 16 nitrogen and oxygen atoms in total. The van der Waals surface area contributed by atoms with Gasteiger partial charge in [0.1, 0.15) is 12.1 Å². The number of aliphatic hydroxyl groups excluding tert-OH is 1. The molecule has 0 saturated carbocycles. The van der Waals surface area contributed by atoms with Crippen LogP contribution >= 0.6 is 11.3 Å². The smallest absolute Gasteiger partial charge is 0.355 e. The van der Waals surface area contributed by atoms with Crippen LogP contribution < -0.4 is 10.7 Å². The molecule has 3 aromatic heterocycles. The Balaban J connectivity index is 1.31. The van der Waals surface area contributed by atoms with E-state index in [9.17, 15) is 29.4 Å². The maximum Gasteiger partial charge on any atom is 0.355 e. The third-order valence-corrected chi connectivity index (χ3v) is 13.2. The monoisotopic (exact) mass is 872 g/mol. The van der Waals surface area contributed by atoms with Crippen LogP contribution in [0.4, 0.5) is 4.79 Å². The first-order chi connectivity index (χ1) is 29.4. The molecule has 4 amide bonds. The van der Waals surface area contributed by atoms with Gasteiger partial charge < -0.3 is 39.4 Å². The first-order valence-corrected chi connectivity index (χ1v) is 22.4. The number of ether oxygens (including phenoxy) is 2. The number of thiazole rings is 1. The lowest BCUT2D eigenvalue weighted by Crippen LogP contribution is -2.67. The summed E-state index contributed by atoms with van der Waals surface area (Å²) in [5.41, 5.74) is 6.26. The van der Waals surface area contributed by atoms with Gasteiger partial charge in [-0.05, 0) is 68.9 Å². The van der Waals surface area contributed by atoms with Crippen LogP contribution in [-0.4, -0.2) is 128 Å². The van der Waals surface area contributed by atoms with Crippen molar-refractivity contribution >= 4 is 46.1 Å². The number of urea groups is 1. The molecule has 6 bridgehead atoms. The van der Waals surface area contributed by atoms with Crippen molar-refractivity contribution in [2.75, 3.05) is 40.4 Å². The van der Waals surface area contributed by atoms with Gasteiger partial charge in [-0.15, -0.1) is 11.3 Å². The van der Waals surface area contributed by atoms with Crippen molar-refractivity contribution in [2.45, 2.75) is 110 Å². The van der Waals surface area contributed by atoms with E-state index in [1.807, 2.05) is 52.1 Å². The molecule has 0 aliphatic carbocycles. The Labute approximate surface area is 366 Å². The third-order valence-electron chi connectivity index (χ3n) is 12.3. The molecule has 0 spiro atoms. The molecule has 2 fully saturated rings. The zero-order valence-electron chi connectivity index (χ0n) is 36.9. The number of aliphatic hydroxyl groups is 2. The Bertz CT molecular complexity index is 2330. The molecule has 334 valence electrons. The number of carbonyl (C=O) groups is 4. The van der Waals surface area contributed by atoms with E-state index in [1.165, 1.54) is 26.1 Å². The van der Waals surface area contributed by atoms with E-state index in [-0.39, 0.29) is 51.0 Å². The van der Waals surface area contributed by atoms with Crippen molar-refractivity contribution in [1.82, 2.24) is 40.1 Å². The Kier molecular flexibility index (Phi) is 13.1. The van der Waals surface area contributed by atoms with E-state index in [1.54, 1.807) is 20.4 Å². The molecule has 2 saturated heterocycles. The molecule has 7 rings (SSSR count). The lowest BCUT2D eigenvalue weighted by molar-refractivity contribution is -0.189. The Hall–Kier alpha value is -4.94. The van der Waals surface area contributed by atoms with Crippen LogP contribution in [0.5, 0.6) is 0 Å². The number of aromatic nitrogens is 3. The molecule has 4 aromatic rings. The van der Waals surface area contributed by atoms with Gasteiger partial charge in [-0.1, -0.05) is 33.8 Å². The lowest BCUT2D eigenvalue weighted by Gasteiger charge is -2.40. The molecule has 1 aromatic carbocycles.